The lowest BCUT2D eigenvalue weighted by Gasteiger charge is -2.43. The summed E-state index contributed by atoms with van der Waals surface area (Å²) in [7, 11) is 0.774. The van der Waals surface area contributed by atoms with E-state index in [1.807, 2.05) is 12.1 Å². The predicted molar refractivity (Wildman–Crippen MR) is 107 cm³/mol. The number of nitrogens with one attached hydrogen (secondary N) is 1. The molecule has 0 aromatic heterocycles. The zero-order valence-electron chi connectivity index (χ0n) is 15.8. The number of nitrogens with zero attached hydrogens (tertiary/aromatic N) is 1. The van der Waals surface area contributed by atoms with Gasteiger partial charge in [0.1, 0.15) is 0 Å². The van der Waals surface area contributed by atoms with Crippen LogP contribution in [0.4, 0.5) is 0 Å². The van der Waals surface area contributed by atoms with Crippen LogP contribution in [0.1, 0.15) is 37.3 Å². The van der Waals surface area contributed by atoms with Crippen molar-refractivity contribution in [3.8, 4) is 0 Å². The molecular formula is C19H30N2O3S2. The summed E-state index contributed by atoms with van der Waals surface area (Å²) in [4.78, 5) is 2.75. The van der Waals surface area contributed by atoms with Gasteiger partial charge >= 0.3 is 0 Å². The highest BCUT2D eigenvalue weighted by molar-refractivity contribution is 8.00. The molecule has 2 saturated heterocycles. The molecule has 2 fully saturated rings. The van der Waals surface area contributed by atoms with Gasteiger partial charge in [-0.2, -0.15) is 11.8 Å². The molecule has 7 heteroatoms. The van der Waals surface area contributed by atoms with E-state index in [1.54, 1.807) is 19.2 Å². The second-order valence-corrected chi connectivity index (χ2v) is 10.8. The fourth-order valence-corrected chi connectivity index (χ4v) is 5.79. The third-order valence-corrected chi connectivity index (χ3v) is 8.11. The Kier molecular flexibility index (Phi) is 6.67. The van der Waals surface area contributed by atoms with Crippen LogP contribution in [-0.4, -0.2) is 63.5 Å². The molecule has 4 unspecified atom stereocenters. The molecule has 1 aromatic carbocycles. The average Bonchev–Trinajstić information content (AvgIpc) is 3.14. The van der Waals surface area contributed by atoms with E-state index in [1.165, 1.54) is 24.9 Å². The number of piperidine rings is 1. The van der Waals surface area contributed by atoms with Crippen molar-refractivity contribution in [2.75, 3.05) is 32.7 Å². The predicted octanol–water partition coefficient (Wildman–Crippen LogP) is 2.68. The van der Waals surface area contributed by atoms with Crippen LogP contribution in [0.5, 0.6) is 0 Å². The number of likely N-dealkylation sites (tertiary alicyclic amines) is 1. The van der Waals surface area contributed by atoms with E-state index >= 15 is 0 Å². The van der Waals surface area contributed by atoms with Gasteiger partial charge in [0, 0.05) is 37.6 Å². The van der Waals surface area contributed by atoms with E-state index in [0.29, 0.717) is 4.90 Å². The van der Waals surface area contributed by atoms with Crippen molar-refractivity contribution in [3.63, 3.8) is 0 Å². The van der Waals surface area contributed by atoms with E-state index in [4.69, 9.17) is 4.74 Å². The average molecular weight is 399 g/mol. The minimum absolute atomic E-state index is 0.208. The van der Waals surface area contributed by atoms with Crippen molar-refractivity contribution in [3.05, 3.63) is 29.8 Å². The maximum absolute atomic E-state index is 11.7. The number of thioether (sulfide) groups is 1. The molecule has 146 valence electrons. The summed E-state index contributed by atoms with van der Waals surface area (Å²) >= 11 is 2.07. The highest BCUT2D eigenvalue weighted by Gasteiger charge is 2.34. The van der Waals surface area contributed by atoms with Crippen LogP contribution < -0.4 is 5.32 Å². The Morgan fingerprint density at radius 3 is 2.58 bits per heavy atom. The molecule has 2 aliphatic heterocycles. The van der Waals surface area contributed by atoms with E-state index in [9.17, 15) is 8.42 Å². The Morgan fingerprint density at radius 2 is 2.00 bits per heavy atom. The maximum Gasteiger partial charge on any atom is 0.175 e. The molecular weight excluding hydrogens is 368 g/mol. The van der Waals surface area contributed by atoms with Crippen LogP contribution in [0.2, 0.25) is 0 Å². The van der Waals surface area contributed by atoms with Gasteiger partial charge in [0.15, 0.2) is 9.84 Å². The smallest absolute Gasteiger partial charge is 0.175 e. The third-order valence-electron chi connectivity index (χ3n) is 5.59. The molecule has 3 rings (SSSR count). The van der Waals surface area contributed by atoms with Gasteiger partial charge < -0.3 is 10.1 Å². The first-order valence-corrected chi connectivity index (χ1v) is 12.2. The number of hydrogen-bond donors (Lipinski definition) is 1. The third kappa shape index (κ3) is 4.81. The van der Waals surface area contributed by atoms with Gasteiger partial charge in [0.25, 0.3) is 0 Å². The maximum atomic E-state index is 11.7. The minimum Gasteiger partial charge on any atom is -0.381 e. The van der Waals surface area contributed by atoms with Crippen molar-refractivity contribution in [2.24, 2.45) is 0 Å². The van der Waals surface area contributed by atoms with Crippen LogP contribution >= 0.6 is 11.8 Å². The summed E-state index contributed by atoms with van der Waals surface area (Å²) in [5.74, 6) is 1.28. The van der Waals surface area contributed by atoms with Gasteiger partial charge in [-0.25, -0.2) is 8.42 Å². The Bertz CT molecular complexity index is 687. The lowest BCUT2D eigenvalue weighted by Crippen LogP contribution is -2.53. The lowest BCUT2D eigenvalue weighted by atomic mass is 9.92. The number of sulfone groups is 1. The van der Waals surface area contributed by atoms with E-state index < -0.39 is 9.84 Å². The molecule has 4 atom stereocenters. The second-order valence-electron chi connectivity index (χ2n) is 7.41. The second kappa shape index (κ2) is 8.61. The van der Waals surface area contributed by atoms with Crippen LogP contribution in [0.15, 0.2) is 29.2 Å². The molecule has 0 radical (unpaired) electrons. The van der Waals surface area contributed by atoms with E-state index in [-0.39, 0.29) is 18.3 Å². The molecule has 0 spiro atoms. The van der Waals surface area contributed by atoms with Gasteiger partial charge in [0.05, 0.1) is 17.2 Å². The van der Waals surface area contributed by atoms with Crippen LogP contribution in [0, 0.1) is 0 Å². The Hall–Kier alpha value is -0.600. The number of ether oxygens (including phenoxy) is 1. The first kappa shape index (κ1) is 20.1. The Balaban J connectivity index is 1.72. The fourth-order valence-electron chi connectivity index (χ4n) is 3.94. The summed E-state index contributed by atoms with van der Waals surface area (Å²) in [6.07, 6.45) is 6.25. The van der Waals surface area contributed by atoms with Gasteiger partial charge in [-0.3, -0.25) is 4.90 Å². The highest BCUT2D eigenvalue weighted by Crippen LogP contribution is 2.34. The van der Waals surface area contributed by atoms with E-state index in [2.05, 4.69) is 29.0 Å². The summed E-state index contributed by atoms with van der Waals surface area (Å²) in [6, 6.07) is 7.54. The molecule has 1 aromatic rings. The first-order valence-electron chi connectivity index (χ1n) is 9.28. The summed E-state index contributed by atoms with van der Waals surface area (Å²) in [5.41, 5.74) is 1.14. The van der Waals surface area contributed by atoms with Crippen molar-refractivity contribution in [2.45, 2.75) is 54.1 Å². The normalized spacial score (nSPS) is 30.6. The zero-order valence-corrected chi connectivity index (χ0v) is 17.5. The molecule has 0 bridgehead atoms. The molecule has 0 amide bonds. The Morgan fingerprint density at radius 1 is 1.27 bits per heavy atom. The lowest BCUT2D eigenvalue weighted by molar-refractivity contribution is -0.0210. The van der Waals surface area contributed by atoms with Crippen molar-refractivity contribution < 1.29 is 13.2 Å². The summed E-state index contributed by atoms with van der Waals surface area (Å²) < 4.78 is 29.1. The number of methoxy groups -OCH3 is 1. The van der Waals surface area contributed by atoms with Crippen LogP contribution in [0.3, 0.4) is 0 Å². The monoisotopic (exact) mass is 398 g/mol. The molecule has 0 aliphatic carbocycles. The standard InChI is InChI=1S/C19H30N2O3S2/c1-21-18(14-6-8-17(9-7-14)26(3,22)23)11-15(24-2)12-19(21)20-13-16-5-4-10-25-16/h6-9,15-16,18-20H,4-5,10-13H2,1-3H3. The van der Waals surface area contributed by atoms with Crippen molar-refractivity contribution in [1.29, 1.82) is 0 Å². The van der Waals surface area contributed by atoms with Crippen molar-refractivity contribution >= 4 is 21.6 Å². The Labute approximate surface area is 161 Å². The number of rotatable bonds is 6. The fraction of sp³-hybridized carbons (Fsp3) is 0.684. The largest absolute Gasteiger partial charge is 0.381 e. The molecule has 2 aliphatic rings. The molecule has 26 heavy (non-hydrogen) atoms. The number of benzene rings is 1. The van der Waals surface area contributed by atoms with Gasteiger partial charge in [-0.15, -0.1) is 0 Å². The summed E-state index contributed by atoms with van der Waals surface area (Å²) in [6.45, 7) is 1.04. The van der Waals surface area contributed by atoms with E-state index in [0.717, 1.165) is 30.2 Å². The molecule has 2 heterocycles. The highest BCUT2D eigenvalue weighted by atomic mass is 32.2. The quantitative estimate of drug-likeness (QED) is 0.795. The minimum atomic E-state index is -3.16. The number of hydrogen-bond acceptors (Lipinski definition) is 6. The van der Waals surface area contributed by atoms with Crippen LogP contribution in [-0.2, 0) is 14.6 Å². The van der Waals surface area contributed by atoms with Crippen molar-refractivity contribution in [1.82, 2.24) is 10.2 Å². The molecule has 0 saturated carbocycles. The van der Waals surface area contributed by atoms with Gasteiger partial charge in [-0.1, -0.05) is 12.1 Å². The first-order chi connectivity index (χ1) is 12.4. The summed E-state index contributed by atoms with van der Waals surface area (Å²) in [5, 5.41) is 4.46. The molecule has 1 N–H and O–H groups in total. The van der Waals surface area contributed by atoms with Gasteiger partial charge in [-0.05, 0) is 49.8 Å². The molecule has 5 nitrogen and oxygen atoms in total. The van der Waals surface area contributed by atoms with Crippen LogP contribution in [0.25, 0.3) is 0 Å². The van der Waals surface area contributed by atoms with Gasteiger partial charge in [0.2, 0.25) is 0 Å². The zero-order chi connectivity index (χ0) is 18.7. The topological polar surface area (TPSA) is 58.6 Å². The SMILES string of the molecule is COC1CC(NCC2CCCS2)N(C)C(c2ccc(S(C)(=O)=O)cc2)C1.